The monoisotopic (exact) mass is 660 g/mol. The Kier molecular flexibility index (Phi) is 11.4. The number of hydrogen-bond donors (Lipinski definition) is 5. The van der Waals surface area contributed by atoms with E-state index in [0.29, 0.717) is 12.1 Å². The summed E-state index contributed by atoms with van der Waals surface area (Å²) in [6.45, 7) is -0.178. The van der Waals surface area contributed by atoms with Crippen molar-refractivity contribution in [2.45, 2.75) is 6.42 Å². The predicted octanol–water partition coefficient (Wildman–Crippen LogP) is 3.43. The Morgan fingerprint density at radius 2 is 1.44 bits per heavy atom. The summed E-state index contributed by atoms with van der Waals surface area (Å²) in [6, 6.07) is 4.08. The lowest BCUT2D eigenvalue weighted by Gasteiger charge is -2.13. The molecular formula is C32H30F2N8O6. The van der Waals surface area contributed by atoms with Gasteiger partial charge in [0, 0.05) is 42.8 Å². The van der Waals surface area contributed by atoms with Gasteiger partial charge in [-0.1, -0.05) is 12.2 Å². The zero-order valence-electron chi connectivity index (χ0n) is 25.1. The molecule has 0 aliphatic carbocycles. The van der Waals surface area contributed by atoms with Crippen LogP contribution in [0.4, 0.5) is 14.5 Å². The molecule has 2 heterocycles. The first-order valence-electron chi connectivity index (χ1n) is 14.0. The highest BCUT2D eigenvalue weighted by Crippen LogP contribution is 2.27. The minimum atomic E-state index is -1.34. The van der Waals surface area contributed by atoms with Crippen molar-refractivity contribution >= 4 is 41.6 Å². The second-order valence-electron chi connectivity index (χ2n) is 9.77. The maximum atomic E-state index is 14.8. The average Bonchev–Trinajstić information content (AvgIpc) is 3.81. The second kappa shape index (κ2) is 16.0. The van der Waals surface area contributed by atoms with E-state index in [1.807, 2.05) is 0 Å². The number of anilines is 1. The topological polar surface area (TPSA) is 216 Å². The molecule has 4 rings (SSSR count). The molecule has 0 bridgehead atoms. The Morgan fingerprint density at radius 1 is 0.854 bits per heavy atom. The third-order valence-electron chi connectivity index (χ3n) is 6.46. The van der Waals surface area contributed by atoms with Crippen molar-refractivity contribution in [3.63, 3.8) is 0 Å². The Hall–Kier alpha value is -6.71. The Bertz CT molecular complexity index is 1900. The number of carbonyl (C=O) groups excluding carboxylic acids is 2. The minimum absolute atomic E-state index is 0.0817. The fourth-order valence-corrected chi connectivity index (χ4v) is 4.00. The van der Waals surface area contributed by atoms with E-state index in [1.165, 1.54) is 66.1 Å². The maximum absolute atomic E-state index is 14.8. The molecule has 0 atom stereocenters. The molecule has 2 aromatic carbocycles. The number of rotatable bonds is 15. The lowest BCUT2D eigenvalue weighted by atomic mass is 10.1. The zero-order chi connectivity index (χ0) is 34.6. The van der Waals surface area contributed by atoms with Crippen molar-refractivity contribution < 1.29 is 37.7 Å². The van der Waals surface area contributed by atoms with E-state index in [4.69, 9.17) is 26.7 Å². The number of nitrogens with two attached hydrogens (primary N) is 3. The number of carboxylic acids is 1. The number of halogens is 2. The van der Waals surface area contributed by atoms with E-state index in [2.05, 4.69) is 15.3 Å². The van der Waals surface area contributed by atoms with Gasteiger partial charge < -0.3 is 37.1 Å². The fraction of sp³-hybridized carbons (Fsp3) is 0.0938. The van der Waals surface area contributed by atoms with Gasteiger partial charge in [0.1, 0.15) is 24.3 Å². The highest BCUT2D eigenvalue weighted by Gasteiger charge is 2.16. The molecule has 8 N–H and O–H groups in total. The molecule has 48 heavy (non-hydrogen) atoms. The SMILES string of the molecule is N/C(=C\C=C(/N)n1ccnc1)C(=O)Nc1cc(F)c(OCCCOc2cc(/C=C/C=C(\N)n3ccnc3)c(C(=O)O)cc2F)cc1C=O. The number of aromatic nitrogens is 4. The molecule has 14 nitrogen and oxygen atoms in total. The van der Waals surface area contributed by atoms with Gasteiger partial charge in [0.2, 0.25) is 0 Å². The van der Waals surface area contributed by atoms with E-state index in [1.54, 1.807) is 17.0 Å². The van der Waals surface area contributed by atoms with Crippen LogP contribution in [0.1, 0.15) is 32.7 Å². The highest BCUT2D eigenvalue weighted by atomic mass is 19.1. The van der Waals surface area contributed by atoms with Crippen molar-refractivity contribution in [2.75, 3.05) is 18.5 Å². The van der Waals surface area contributed by atoms with Crippen LogP contribution in [0, 0.1) is 11.6 Å². The van der Waals surface area contributed by atoms with Crippen LogP contribution in [-0.2, 0) is 4.79 Å². The third-order valence-corrected chi connectivity index (χ3v) is 6.46. The molecule has 0 aliphatic rings. The van der Waals surface area contributed by atoms with Crippen molar-refractivity contribution in [3.05, 3.63) is 120 Å². The number of nitrogens with one attached hydrogen (secondary N) is 1. The van der Waals surface area contributed by atoms with Gasteiger partial charge >= 0.3 is 5.97 Å². The summed E-state index contributed by atoms with van der Waals surface area (Å²) in [7, 11) is 0. The van der Waals surface area contributed by atoms with Crippen LogP contribution in [0.5, 0.6) is 11.5 Å². The Balaban J connectivity index is 1.34. The largest absolute Gasteiger partial charge is 0.490 e. The number of aldehydes is 1. The van der Waals surface area contributed by atoms with Gasteiger partial charge in [0.25, 0.3) is 5.91 Å². The molecule has 1 amide bonds. The van der Waals surface area contributed by atoms with Crippen molar-refractivity contribution in [3.8, 4) is 11.5 Å². The first-order valence-corrected chi connectivity index (χ1v) is 14.0. The third kappa shape index (κ3) is 8.94. The van der Waals surface area contributed by atoms with Crippen LogP contribution in [0.15, 0.2) is 91.7 Å². The molecule has 0 saturated heterocycles. The van der Waals surface area contributed by atoms with Gasteiger partial charge in [-0.3, -0.25) is 18.7 Å². The summed E-state index contributed by atoms with van der Waals surface area (Å²) in [5.74, 6) is -3.87. The summed E-state index contributed by atoms with van der Waals surface area (Å²) in [6.07, 6.45) is 16.8. The van der Waals surface area contributed by atoms with Crippen molar-refractivity contribution in [1.82, 2.24) is 19.1 Å². The number of carboxylic acid groups (broad SMARTS) is 1. The number of nitrogens with zero attached hydrogens (tertiary/aromatic N) is 4. The van der Waals surface area contributed by atoms with E-state index in [-0.39, 0.29) is 65.0 Å². The molecular weight excluding hydrogens is 630 g/mol. The summed E-state index contributed by atoms with van der Waals surface area (Å²) in [5, 5.41) is 11.9. The second-order valence-corrected chi connectivity index (χ2v) is 9.77. The molecule has 0 radical (unpaired) electrons. The Labute approximate surface area is 272 Å². The first-order chi connectivity index (χ1) is 23.1. The first kappa shape index (κ1) is 34.2. The summed E-state index contributed by atoms with van der Waals surface area (Å²) in [4.78, 5) is 43.6. The molecule has 248 valence electrons. The number of imidazole rings is 2. The van der Waals surface area contributed by atoms with Gasteiger partial charge in [-0.2, -0.15) is 0 Å². The molecule has 0 fully saturated rings. The van der Waals surface area contributed by atoms with Crippen LogP contribution in [0.3, 0.4) is 0 Å². The lowest BCUT2D eigenvalue weighted by Crippen LogP contribution is -2.21. The molecule has 0 saturated carbocycles. The standard InChI is InChI=1S/C32H30F2N8O6/c33-23-15-22(32(45)46)20(3-1-4-29(36)41-9-7-38-18-41)13-27(23)47-11-2-12-48-28-14-21(17-43)26(16-24(28)34)40-31(44)25(35)5-6-30(37)42-10-8-39-19-42/h1,3-10,13-19H,2,11-12,35-37H2,(H,40,44)(H,45,46)/b3-1+,25-5-,29-4+,30-6+. The van der Waals surface area contributed by atoms with Crippen LogP contribution < -0.4 is 32.0 Å². The normalized spacial score (nSPS) is 12.2. The number of carbonyl (C=O) groups is 3. The van der Waals surface area contributed by atoms with E-state index in [0.717, 1.165) is 18.2 Å². The number of ether oxygens (including phenoxy) is 2. The molecule has 0 spiro atoms. The van der Waals surface area contributed by atoms with E-state index in [9.17, 15) is 28.3 Å². The average molecular weight is 661 g/mol. The fourth-order valence-electron chi connectivity index (χ4n) is 4.00. The molecule has 0 aliphatic heterocycles. The Morgan fingerprint density at radius 3 is 2.00 bits per heavy atom. The number of aromatic carboxylic acids is 1. The predicted molar refractivity (Wildman–Crippen MR) is 172 cm³/mol. The van der Waals surface area contributed by atoms with Gasteiger partial charge in [0.15, 0.2) is 29.4 Å². The number of benzene rings is 2. The summed E-state index contributed by atoms with van der Waals surface area (Å²) >= 11 is 0. The van der Waals surface area contributed by atoms with Crippen molar-refractivity contribution in [2.24, 2.45) is 17.2 Å². The van der Waals surface area contributed by atoms with Crippen LogP contribution >= 0.6 is 0 Å². The lowest BCUT2D eigenvalue weighted by molar-refractivity contribution is -0.112. The minimum Gasteiger partial charge on any atom is -0.490 e. The van der Waals surface area contributed by atoms with Crippen molar-refractivity contribution in [1.29, 1.82) is 0 Å². The molecule has 0 unspecified atom stereocenters. The molecule has 4 aromatic rings. The maximum Gasteiger partial charge on any atom is 0.336 e. The van der Waals surface area contributed by atoms with Gasteiger partial charge in [0.05, 0.1) is 30.2 Å². The number of hydrogen-bond acceptors (Lipinski definition) is 10. The number of amides is 1. The zero-order valence-corrected chi connectivity index (χ0v) is 25.1. The van der Waals surface area contributed by atoms with Gasteiger partial charge in [-0.25, -0.2) is 23.5 Å². The molecule has 2 aromatic heterocycles. The van der Waals surface area contributed by atoms with E-state index >= 15 is 0 Å². The quantitative estimate of drug-likeness (QED) is 0.0539. The molecule has 16 heteroatoms. The summed E-state index contributed by atoms with van der Waals surface area (Å²) < 4.78 is 43.4. The smallest absolute Gasteiger partial charge is 0.336 e. The summed E-state index contributed by atoms with van der Waals surface area (Å²) in [5.41, 5.74) is 17.0. The number of allylic oxidation sites excluding steroid dienone is 4. The van der Waals surface area contributed by atoms with Crippen LogP contribution in [-0.4, -0.2) is 55.6 Å². The van der Waals surface area contributed by atoms with Gasteiger partial charge in [-0.15, -0.1) is 0 Å². The van der Waals surface area contributed by atoms with Crippen LogP contribution in [0.2, 0.25) is 0 Å². The van der Waals surface area contributed by atoms with E-state index < -0.39 is 23.5 Å². The van der Waals surface area contributed by atoms with Gasteiger partial charge in [-0.05, 0) is 42.0 Å². The van der Waals surface area contributed by atoms with Crippen LogP contribution in [0.25, 0.3) is 17.7 Å². The highest BCUT2D eigenvalue weighted by molar-refractivity contribution is 6.05.